The van der Waals surface area contributed by atoms with E-state index in [9.17, 15) is 8.42 Å². The first kappa shape index (κ1) is 14.9. The van der Waals surface area contributed by atoms with Gasteiger partial charge in [0.05, 0.1) is 11.5 Å². The summed E-state index contributed by atoms with van der Waals surface area (Å²) in [5, 5.41) is 12.3. The van der Waals surface area contributed by atoms with Crippen LogP contribution in [-0.4, -0.2) is 44.2 Å². The first-order chi connectivity index (χ1) is 7.85. The predicted octanol–water partition coefficient (Wildman–Crippen LogP) is 0.952. The number of sulfone groups is 1. The zero-order chi connectivity index (χ0) is 12.9. The van der Waals surface area contributed by atoms with Crippen LogP contribution in [-0.2, 0) is 9.84 Å². The second-order valence-corrected chi connectivity index (χ2v) is 8.10. The molecule has 17 heavy (non-hydrogen) atoms. The molecule has 4 nitrogen and oxygen atoms in total. The van der Waals surface area contributed by atoms with Crippen molar-refractivity contribution < 1.29 is 13.5 Å². The van der Waals surface area contributed by atoms with Crippen molar-refractivity contribution in [1.29, 1.82) is 0 Å². The number of hydrogen-bond donors (Lipinski definition) is 2. The molecule has 0 spiro atoms. The molecule has 0 bridgehead atoms. The third-order valence-electron chi connectivity index (χ3n) is 3.44. The zero-order valence-electron chi connectivity index (χ0n) is 10.9. The van der Waals surface area contributed by atoms with E-state index in [2.05, 4.69) is 19.2 Å². The van der Waals surface area contributed by atoms with Gasteiger partial charge >= 0.3 is 0 Å². The topological polar surface area (TPSA) is 66.4 Å². The van der Waals surface area contributed by atoms with E-state index in [1.54, 1.807) is 0 Å². The molecule has 0 aromatic rings. The van der Waals surface area contributed by atoms with E-state index in [4.69, 9.17) is 5.11 Å². The highest BCUT2D eigenvalue weighted by Gasteiger charge is 2.25. The van der Waals surface area contributed by atoms with Gasteiger partial charge in [-0.25, -0.2) is 8.42 Å². The average molecular weight is 263 g/mol. The standard InChI is InChI=1S/C12H25NO3S/c1-12(2,6-3-7-14)10-13-11-4-8-17(15,16)9-5-11/h11,13-14H,3-10H2,1-2H3. The van der Waals surface area contributed by atoms with Gasteiger partial charge in [-0.05, 0) is 31.1 Å². The maximum absolute atomic E-state index is 11.3. The Kier molecular flexibility index (Phi) is 5.41. The Bertz CT molecular complexity index is 311. The first-order valence-corrected chi connectivity index (χ1v) is 8.21. The summed E-state index contributed by atoms with van der Waals surface area (Å²) < 4.78 is 22.6. The molecule has 1 fully saturated rings. The Morgan fingerprint density at radius 2 is 1.88 bits per heavy atom. The summed E-state index contributed by atoms with van der Waals surface area (Å²) in [7, 11) is -2.76. The van der Waals surface area contributed by atoms with E-state index < -0.39 is 9.84 Å². The summed E-state index contributed by atoms with van der Waals surface area (Å²) in [6.45, 7) is 5.48. The number of aliphatic hydroxyl groups is 1. The molecule has 0 atom stereocenters. The van der Waals surface area contributed by atoms with Crippen LogP contribution in [0.3, 0.4) is 0 Å². The lowest BCUT2D eigenvalue weighted by Crippen LogP contribution is -2.41. The minimum absolute atomic E-state index is 0.166. The number of aliphatic hydroxyl groups excluding tert-OH is 1. The normalized spacial score (nSPS) is 21.6. The minimum atomic E-state index is -2.76. The first-order valence-electron chi connectivity index (χ1n) is 6.39. The molecule has 1 heterocycles. The fourth-order valence-corrected chi connectivity index (χ4v) is 3.65. The van der Waals surface area contributed by atoms with Crippen molar-refractivity contribution in [2.45, 2.75) is 45.6 Å². The summed E-state index contributed by atoms with van der Waals surface area (Å²) in [5.41, 5.74) is 0.166. The van der Waals surface area contributed by atoms with Gasteiger partial charge in [-0.1, -0.05) is 13.8 Å². The van der Waals surface area contributed by atoms with E-state index in [-0.39, 0.29) is 12.0 Å². The molecule has 2 N–H and O–H groups in total. The molecular weight excluding hydrogens is 238 g/mol. The summed E-state index contributed by atoms with van der Waals surface area (Å²) in [6.07, 6.45) is 3.28. The highest BCUT2D eigenvalue weighted by molar-refractivity contribution is 7.91. The molecule has 1 saturated heterocycles. The third-order valence-corrected chi connectivity index (χ3v) is 5.15. The van der Waals surface area contributed by atoms with Gasteiger partial charge in [0.15, 0.2) is 0 Å². The van der Waals surface area contributed by atoms with Crippen molar-refractivity contribution in [2.24, 2.45) is 5.41 Å². The maximum Gasteiger partial charge on any atom is 0.150 e. The van der Waals surface area contributed by atoms with Crippen LogP contribution in [0.1, 0.15) is 39.5 Å². The van der Waals surface area contributed by atoms with E-state index in [0.29, 0.717) is 17.5 Å². The lowest BCUT2D eigenvalue weighted by molar-refractivity contribution is 0.230. The SMILES string of the molecule is CC(C)(CCCO)CNC1CCS(=O)(=O)CC1. The summed E-state index contributed by atoms with van der Waals surface area (Å²) in [6, 6.07) is 0.340. The highest BCUT2D eigenvalue weighted by atomic mass is 32.2. The molecule has 1 aliphatic heterocycles. The molecule has 5 heteroatoms. The Morgan fingerprint density at radius 3 is 2.41 bits per heavy atom. The Labute approximate surface area is 105 Å². The van der Waals surface area contributed by atoms with Crippen LogP contribution in [0.15, 0.2) is 0 Å². The third kappa shape index (κ3) is 5.84. The molecule has 0 unspecified atom stereocenters. The van der Waals surface area contributed by atoms with Crippen molar-refractivity contribution in [2.75, 3.05) is 24.7 Å². The van der Waals surface area contributed by atoms with E-state index >= 15 is 0 Å². The molecule has 1 rings (SSSR count). The van der Waals surface area contributed by atoms with Gasteiger partial charge in [0, 0.05) is 19.2 Å². The molecule has 0 aliphatic carbocycles. The van der Waals surface area contributed by atoms with Crippen LogP contribution in [0.5, 0.6) is 0 Å². The van der Waals surface area contributed by atoms with Crippen LogP contribution in [0.2, 0.25) is 0 Å². The van der Waals surface area contributed by atoms with Crippen LogP contribution in [0.25, 0.3) is 0 Å². The molecule has 1 aliphatic rings. The van der Waals surface area contributed by atoms with Crippen molar-refractivity contribution in [3.63, 3.8) is 0 Å². The van der Waals surface area contributed by atoms with E-state index in [0.717, 1.165) is 32.2 Å². The Hall–Kier alpha value is -0.130. The molecule has 0 aromatic heterocycles. The predicted molar refractivity (Wildman–Crippen MR) is 69.8 cm³/mol. The van der Waals surface area contributed by atoms with Gasteiger partial charge in [0.1, 0.15) is 9.84 Å². The zero-order valence-corrected chi connectivity index (χ0v) is 11.7. The number of nitrogens with one attached hydrogen (secondary N) is 1. The Morgan fingerprint density at radius 1 is 1.29 bits per heavy atom. The lowest BCUT2D eigenvalue weighted by Gasteiger charge is -2.30. The fourth-order valence-electron chi connectivity index (χ4n) is 2.16. The van der Waals surface area contributed by atoms with Crippen molar-refractivity contribution in [3.05, 3.63) is 0 Å². The molecule has 102 valence electrons. The van der Waals surface area contributed by atoms with Gasteiger partial charge in [-0.2, -0.15) is 0 Å². The molecular formula is C12H25NO3S. The summed E-state index contributed by atoms with van der Waals surface area (Å²) >= 11 is 0. The monoisotopic (exact) mass is 263 g/mol. The number of rotatable bonds is 6. The van der Waals surface area contributed by atoms with Gasteiger partial charge < -0.3 is 10.4 Å². The van der Waals surface area contributed by atoms with Gasteiger partial charge in [0.2, 0.25) is 0 Å². The number of hydrogen-bond acceptors (Lipinski definition) is 4. The van der Waals surface area contributed by atoms with Crippen molar-refractivity contribution >= 4 is 9.84 Å². The van der Waals surface area contributed by atoms with E-state index in [1.807, 2.05) is 0 Å². The average Bonchev–Trinajstić information content (AvgIpc) is 2.25. The van der Waals surface area contributed by atoms with Gasteiger partial charge in [0.25, 0.3) is 0 Å². The largest absolute Gasteiger partial charge is 0.396 e. The fraction of sp³-hybridized carbons (Fsp3) is 1.00. The molecule has 0 amide bonds. The van der Waals surface area contributed by atoms with Gasteiger partial charge in [-0.3, -0.25) is 0 Å². The molecule has 0 aromatic carbocycles. The summed E-state index contributed by atoms with van der Waals surface area (Å²) in [5.74, 6) is 0.642. The molecule has 0 radical (unpaired) electrons. The minimum Gasteiger partial charge on any atom is -0.396 e. The Balaban J connectivity index is 2.27. The van der Waals surface area contributed by atoms with Crippen molar-refractivity contribution in [1.82, 2.24) is 5.32 Å². The lowest BCUT2D eigenvalue weighted by atomic mass is 9.87. The van der Waals surface area contributed by atoms with Crippen molar-refractivity contribution in [3.8, 4) is 0 Å². The summed E-state index contributed by atoms with van der Waals surface area (Å²) in [4.78, 5) is 0. The van der Waals surface area contributed by atoms with Crippen LogP contribution in [0, 0.1) is 5.41 Å². The quantitative estimate of drug-likeness (QED) is 0.749. The van der Waals surface area contributed by atoms with Crippen LogP contribution >= 0.6 is 0 Å². The highest BCUT2D eigenvalue weighted by Crippen LogP contribution is 2.22. The van der Waals surface area contributed by atoms with Gasteiger partial charge in [-0.15, -0.1) is 0 Å². The second kappa shape index (κ2) is 6.16. The van der Waals surface area contributed by atoms with Crippen LogP contribution < -0.4 is 5.32 Å². The maximum atomic E-state index is 11.3. The van der Waals surface area contributed by atoms with E-state index in [1.165, 1.54) is 0 Å². The smallest absolute Gasteiger partial charge is 0.150 e. The molecule has 0 saturated carbocycles. The van der Waals surface area contributed by atoms with Crippen LogP contribution in [0.4, 0.5) is 0 Å². The second-order valence-electron chi connectivity index (χ2n) is 5.80.